The van der Waals surface area contributed by atoms with Gasteiger partial charge in [0.15, 0.2) is 12.2 Å². The molecule has 3 unspecified atom stereocenters. The summed E-state index contributed by atoms with van der Waals surface area (Å²) in [7, 11) is -9.93. The third-order valence-corrected chi connectivity index (χ3v) is 19.2. The predicted octanol–water partition coefficient (Wildman–Crippen LogP) is 22.1. The minimum absolute atomic E-state index is 0.0988. The van der Waals surface area contributed by atoms with E-state index >= 15 is 0 Å². The van der Waals surface area contributed by atoms with Gasteiger partial charge in [0.25, 0.3) is 0 Å². The summed E-state index contributed by atoms with van der Waals surface area (Å²) >= 11 is 0. The van der Waals surface area contributed by atoms with Crippen LogP contribution < -0.4 is 0 Å². The molecule has 0 radical (unpaired) electrons. The summed E-state index contributed by atoms with van der Waals surface area (Å²) in [5.41, 5.74) is 0. The molecule has 0 aliphatic heterocycles. The molecule has 0 rings (SSSR count). The van der Waals surface area contributed by atoms with E-state index in [9.17, 15) is 43.2 Å². The Labute approximate surface area is 586 Å². The maximum atomic E-state index is 13.1. The van der Waals surface area contributed by atoms with E-state index in [2.05, 4.69) is 72.8 Å². The number of aliphatic hydroxyl groups is 1. The molecule has 566 valence electrons. The Morgan fingerprint density at radius 1 is 0.323 bits per heavy atom. The van der Waals surface area contributed by atoms with Gasteiger partial charge < -0.3 is 33.8 Å². The zero-order valence-corrected chi connectivity index (χ0v) is 64.1. The van der Waals surface area contributed by atoms with Crippen LogP contribution in [0.4, 0.5) is 0 Å². The number of carbonyl (C=O) groups is 4. The highest BCUT2D eigenvalue weighted by Gasteiger charge is 2.30. The van der Waals surface area contributed by atoms with Crippen molar-refractivity contribution in [3.63, 3.8) is 0 Å². The van der Waals surface area contributed by atoms with Crippen molar-refractivity contribution in [2.24, 2.45) is 17.8 Å². The molecule has 5 atom stereocenters. The van der Waals surface area contributed by atoms with E-state index in [0.717, 1.165) is 127 Å². The summed E-state index contributed by atoms with van der Waals surface area (Å²) in [4.78, 5) is 72.8. The second-order valence-corrected chi connectivity index (χ2v) is 31.4. The van der Waals surface area contributed by atoms with Crippen molar-refractivity contribution in [2.75, 3.05) is 39.6 Å². The Morgan fingerprint density at radius 3 is 0.844 bits per heavy atom. The van der Waals surface area contributed by atoms with Crippen molar-refractivity contribution in [3.05, 3.63) is 24.3 Å². The van der Waals surface area contributed by atoms with Crippen LogP contribution in [0.2, 0.25) is 0 Å². The normalized spacial score (nSPS) is 14.2. The lowest BCUT2D eigenvalue weighted by Gasteiger charge is -2.21. The van der Waals surface area contributed by atoms with Crippen LogP contribution in [0, 0.1) is 17.8 Å². The molecule has 3 N–H and O–H groups in total. The SMILES string of the molecule is CCCCCC/C=C\C=C/CCCCCCCC(=O)OC[C@H](COP(=O)(O)OCC(O)COP(=O)(O)OC[C@@H](COC(=O)CCCCCCCCCC(C)C)OC(=O)CCCCCCCCCCCCCCCCCC(C)C)OC(=O)CCCCCCCCCCCCC(C)C. The van der Waals surface area contributed by atoms with Crippen molar-refractivity contribution in [2.45, 2.75) is 388 Å². The molecular weight excluding hydrogens is 1260 g/mol. The summed E-state index contributed by atoms with van der Waals surface area (Å²) in [6, 6.07) is 0. The molecule has 0 saturated carbocycles. The van der Waals surface area contributed by atoms with Crippen LogP contribution in [0.3, 0.4) is 0 Å². The first-order valence-corrected chi connectivity index (χ1v) is 42.2. The van der Waals surface area contributed by atoms with Crippen molar-refractivity contribution in [1.29, 1.82) is 0 Å². The quantitative estimate of drug-likeness (QED) is 0.0169. The minimum Gasteiger partial charge on any atom is -0.462 e. The Bertz CT molecular complexity index is 1960. The lowest BCUT2D eigenvalue weighted by molar-refractivity contribution is -0.161. The molecule has 0 aliphatic carbocycles. The van der Waals surface area contributed by atoms with E-state index in [1.54, 1.807) is 0 Å². The summed E-state index contributed by atoms with van der Waals surface area (Å²) in [6.45, 7) is 11.8. The summed E-state index contributed by atoms with van der Waals surface area (Å²) in [6.07, 6.45) is 56.4. The molecule has 0 heterocycles. The molecule has 19 heteroatoms. The fourth-order valence-corrected chi connectivity index (χ4v) is 12.8. The monoisotopic (exact) mass is 1410 g/mol. The second-order valence-electron chi connectivity index (χ2n) is 28.5. The third kappa shape index (κ3) is 70.0. The first-order valence-electron chi connectivity index (χ1n) is 39.2. The van der Waals surface area contributed by atoms with Crippen LogP contribution >= 0.6 is 15.6 Å². The molecule has 0 saturated heterocycles. The van der Waals surface area contributed by atoms with Gasteiger partial charge in [-0.25, -0.2) is 9.13 Å². The standard InChI is InChI=1S/C77H146O17P2/c1-8-9-10-11-12-13-14-15-17-21-24-30-37-44-51-58-74(79)87-64-72(93-77(82)61-54-47-39-32-27-26-29-35-42-49-56-69(4)5)66-91-95(83,84)89-62-71(78)63-90-96(85,86)92-67-73(65-88-75(80)59-52-45-40-33-36-43-50-57-70(6)7)94-76(81)60-53-46-38-31-25-22-19-16-18-20-23-28-34-41-48-55-68(2)3/h13-15,17,68-73,78H,8-12,16,18-67H2,1-7H3,(H,83,84)(H,85,86)/b14-13-,17-15-/t71?,72-,73-/m1/s1. The first-order chi connectivity index (χ1) is 46.2. The van der Waals surface area contributed by atoms with Gasteiger partial charge in [0, 0.05) is 25.7 Å². The fourth-order valence-electron chi connectivity index (χ4n) is 11.2. The highest BCUT2D eigenvalue weighted by molar-refractivity contribution is 7.47. The average molecular weight is 1410 g/mol. The Balaban J connectivity index is 5.26. The predicted molar refractivity (Wildman–Crippen MR) is 390 cm³/mol. The Kier molecular flexibility index (Phi) is 65.3. The van der Waals surface area contributed by atoms with Gasteiger partial charge in [-0.15, -0.1) is 0 Å². The van der Waals surface area contributed by atoms with Crippen LogP contribution in [-0.2, 0) is 65.4 Å². The van der Waals surface area contributed by atoms with E-state index < -0.39 is 97.5 Å². The number of hydrogen-bond acceptors (Lipinski definition) is 15. The number of esters is 4. The van der Waals surface area contributed by atoms with Crippen LogP contribution in [-0.4, -0.2) is 96.7 Å². The molecule has 0 amide bonds. The zero-order chi connectivity index (χ0) is 70.9. The number of carbonyl (C=O) groups excluding carboxylic acids is 4. The van der Waals surface area contributed by atoms with Crippen LogP contribution in [0.5, 0.6) is 0 Å². The highest BCUT2D eigenvalue weighted by Crippen LogP contribution is 2.45. The van der Waals surface area contributed by atoms with E-state index in [0.29, 0.717) is 31.6 Å². The molecule has 0 bridgehead atoms. The molecule has 17 nitrogen and oxygen atoms in total. The molecule has 96 heavy (non-hydrogen) atoms. The van der Waals surface area contributed by atoms with Gasteiger partial charge in [-0.1, -0.05) is 317 Å². The Hall–Kier alpha value is -2.46. The van der Waals surface area contributed by atoms with E-state index in [-0.39, 0.29) is 25.7 Å². The van der Waals surface area contributed by atoms with Gasteiger partial charge in [0.2, 0.25) is 0 Å². The number of phosphoric acid groups is 2. The zero-order valence-electron chi connectivity index (χ0n) is 62.3. The second kappa shape index (κ2) is 67.1. The smallest absolute Gasteiger partial charge is 0.462 e. The van der Waals surface area contributed by atoms with Crippen molar-refractivity contribution >= 4 is 39.5 Å². The number of ether oxygens (including phenoxy) is 4. The van der Waals surface area contributed by atoms with Crippen molar-refractivity contribution in [1.82, 2.24) is 0 Å². The van der Waals surface area contributed by atoms with Gasteiger partial charge in [0.05, 0.1) is 26.4 Å². The van der Waals surface area contributed by atoms with Crippen molar-refractivity contribution in [3.8, 4) is 0 Å². The van der Waals surface area contributed by atoms with Gasteiger partial charge in [-0.05, 0) is 69.1 Å². The largest absolute Gasteiger partial charge is 0.472 e. The number of allylic oxidation sites excluding steroid dienone is 4. The third-order valence-electron chi connectivity index (χ3n) is 17.3. The lowest BCUT2D eigenvalue weighted by Crippen LogP contribution is -2.30. The lowest BCUT2D eigenvalue weighted by atomic mass is 10.0. The maximum absolute atomic E-state index is 13.1. The molecule has 0 fully saturated rings. The maximum Gasteiger partial charge on any atom is 0.472 e. The van der Waals surface area contributed by atoms with Gasteiger partial charge >= 0.3 is 39.5 Å². The van der Waals surface area contributed by atoms with Crippen LogP contribution in [0.15, 0.2) is 24.3 Å². The van der Waals surface area contributed by atoms with Crippen LogP contribution in [0.1, 0.15) is 370 Å². The van der Waals surface area contributed by atoms with Crippen LogP contribution in [0.25, 0.3) is 0 Å². The Morgan fingerprint density at radius 2 is 0.562 bits per heavy atom. The highest BCUT2D eigenvalue weighted by atomic mass is 31.2. The molecule has 0 spiro atoms. The summed E-state index contributed by atoms with van der Waals surface area (Å²) in [5, 5.41) is 10.6. The average Bonchev–Trinajstić information content (AvgIpc) is 1.44. The molecule has 0 aromatic heterocycles. The van der Waals surface area contributed by atoms with E-state index in [1.165, 1.54) is 154 Å². The number of unbranched alkanes of at least 4 members (excludes halogenated alkanes) is 38. The molecule has 0 aromatic carbocycles. The number of phosphoric ester groups is 2. The summed E-state index contributed by atoms with van der Waals surface area (Å²) < 4.78 is 68.5. The summed E-state index contributed by atoms with van der Waals surface area (Å²) in [5.74, 6) is 0.106. The van der Waals surface area contributed by atoms with E-state index in [1.807, 2.05) is 0 Å². The molecule has 0 aromatic rings. The van der Waals surface area contributed by atoms with Gasteiger partial charge in [0.1, 0.15) is 19.3 Å². The topological polar surface area (TPSA) is 237 Å². The minimum atomic E-state index is -4.96. The molecule has 0 aliphatic rings. The van der Waals surface area contributed by atoms with Gasteiger partial charge in [-0.2, -0.15) is 0 Å². The van der Waals surface area contributed by atoms with E-state index in [4.69, 9.17) is 37.0 Å². The molecular formula is C77H146O17P2. The fraction of sp³-hybridized carbons (Fsp3) is 0.896. The number of hydrogen-bond donors (Lipinski definition) is 3. The number of aliphatic hydroxyl groups excluding tert-OH is 1. The van der Waals surface area contributed by atoms with Gasteiger partial charge in [-0.3, -0.25) is 37.3 Å². The van der Waals surface area contributed by atoms with Crippen molar-refractivity contribution < 1.29 is 80.2 Å². The number of rotatable bonds is 73. The first kappa shape index (κ1) is 93.5.